The average Bonchev–Trinajstić information content (AvgIpc) is 2.87. The van der Waals surface area contributed by atoms with Crippen molar-refractivity contribution in [1.82, 2.24) is 9.80 Å². The molecule has 1 amide bonds. The van der Waals surface area contributed by atoms with E-state index in [2.05, 4.69) is 51.8 Å². The Morgan fingerprint density at radius 2 is 1.97 bits per heavy atom. The highest BCUT2D eigenvalue weighted by Gasteiger charge is 2.43. The highest BCUT2D eigenvalue weighted by molar-refractivity contribution is 5.97. The Balaban J connectivity index is 2.00. The van der Waals surface area contributed by atoms with Crippen LogP contribution in [0.3, 0.4) is 0 Å². The van der Waals surface area contributed by atoms with Crippen molar-refractivity contribution in [2.24, 2.45) is 11.3 Å². The van der Waals surface area contributed by atoms with Gasteiger partial charge >= 0.3 is 0 Å². The molecule has 30 heavy (non-hydrogen) atoms. The first-order valence-electron chi connectivity index (χ1n) is 10.7. The molecule has 3 rings (SSSR count). The lowest BCUT2D eigenvalue weighted by atomic mass is 9.78. The zero-order chi connectivity index (χ0) is 22.1. The van der Waals surface area contributed by atoms with Crippen molar-refractivity contribution in [1.29, 1.82) is 0 Å². The lowest BCUT2D eigenvalue weighted by Gasteiger charge is -2.29. The molecule has 0 fully saturated rings. The molecule has 3 nitrogen and oxygen atoms in total. The van der Waals surface area contributed by atoms with Gasteiger partial charge in [-0.05, 0) is 69.6 Å². The molecule has 0 spiro atoms. The highest BCUT2D eigenvalue weighted by atomic mass is 19.1. The molecule has 2 unspecified atom stereocenters. The Labute approximate surface area is 178 Å². The van der Waals surface area contributed by atoms with Crippen molar-refractivity contribution in [3.63, 3.8) is 0 Å². The normalized spacial score (nSPS) is 23.7. The van der Waals surface area contributed by atoms with Gasteiger partial charge in [-0.1, -0.05) is 44.6 Å². The van der Waals surface area contributed by atoms with Gasteiger partial charge in [0.25, 0.3) is 5.91 Å². The van der Waals surface area contributed by atoms with Crippen LogP contribution in [-0.4, -0.2) is 42.4 Å². The van der Waals surface area contributed by atoms with Crippen molar-refractivity contribution in [2.75, 3.05) is 26.7 Å². The molecule has 0 radical (unpaired) electrons. The summed E-state index contributed by atoms with van der Waals surface area (Å²) in [5.74, 6) is -2.01. The van der Waals surface area contributed by atoms with E-state index in [4.69, 9.17) is 0 Å². The molecular formula is C25H32F2N2O. The van der Waals surface area contributed by atoms with E-state index in [9.17, 15) is 13.6 Å². The van der Waals surface area contributed by atoms with Gasteiger partial charge in [0, 0.05) is 17.7 Å². The summed E-state index contributed by atoms with van der Waals surface area (Å²) in [6, 6.07) is 3.55. The minimum absolute atomic E-state index is 0.244. The summed E-state index contributed by atoms with van der Waals surface area (Å²) >= 11 is 0. The molecular weight excluding hydrogens is 382 g/mol. The largest absolute Gasteiger partial charge is 0.307 e. The fourth-order valence-electron chi connectivity index (χ4n) is 4.28. The van der Waals surface area contributed by atoms with Gasteiger partial charge in [-0.15, -0.1) is 0 Å². The van der Waals surface area contributed by atoms with Crippen molar-refractivity contribution in [3.05, 3.63) is 70.5 Å². The van der Waals surface area contributed by atoms with E-state index >= 15 is 0 Å². The van der Waals surface area contributed by atoms with Crippen molar-refractivity contribution >= 4 is 5.91 Å². The number of carbonyl (C=O) groups excluding carboxylic acids is 1. The Morgan fingerprint density at radius 1 is 1.30 bits per heavy atom. The maximum Gasteiger partial charge on any atom is 0.264 e. The van der Waals surface area contributed by atoms with Crippen LogP contribution >= 0.6 is 0 Å². The molecule has 0 aromatic heterocycles. The second kappa shape index (κ2) is 8.84. The molecule has 0 N–H and O–H groups in total. The van der Waals surface area contributed by atoms with Crippen molar-refractivity contribution in [3.8, 4) is 0 Å². The second-order valence-corrected chi connectivity index (χ2v) is 8.88. The van der Waals surface area contributed by atoms with Crippen LogP contribution in [0, 0.1) is 23.0 Å². The number of nitrogens with zero attached hydrogens (tertiary/aromatic N) is 2. The van der Waals surface area contributed by atoms with Crippen LogP contribution in [0.15, 0.2) is 53.3 Å². The van der Waals surface area contributed by atoms with E-state index < -0.39 is 23.1 Å². The van der Waals surface area contributed by atoms with Gasteiger partial charge in [0.2, 0.25) is 0 Å². The molecule has 1 aliphatic heterocycles. The molecule has 1 aliphatic carbocycles. The molecule has 0 saturated heterocycles. The van der Waals surface area contributed by atoms with Gasteiger partial charge in [-0.25, -0.2) is 8.78 Å². The summed E-state index contributed by atoms with van der Waals surface area (Å²) in [5, 5.41) is 0. The van der Waals surface area contributed by atoms with Crippen LogP contribution in [0.2, 0.25) is 0 Å². The Kier molecular flexibility index (Phi) is 6.61. The molecule has 5 heteroatoms. The van der Waals surface area contributed by atoms with E-state index in [1.54, 1.807) is 4.90 Å². The first-order valence-corrected chi connectivity index (χ1v) is 10.7. The van der Waals surface area contributed by atoms with E-state index in [0.717, 1.165) is 49.3 Å². The van der Waals surface area contributed by atoms with E-state index in [1.165, 1.54) is 11.6 Å². The fourth-order valence-corrected chi connectivity index (χ4v) is 4.28. The lowest BCUT2D eigenvalue weighted by molar-refractivity contribution is 0.0783. The first kappa shape index (κ1) is 22.4. The third kappa shape index (κ3) is 4.27. The molecule has 2 aliphatic rings. The molecule has 0 bridgehead atoms. The Morgan fingerprint density at radius 3 is 2.60 bits per heavy atom. The van der Waals surface area contributed by atoms with Crippen LogP contribution < -0.4 is 0 Å². The molecule has 1 aromatic carbocycles. The van der Waals surface area contributed by atoms with E-state index in [1.807, 2.05) is 6.08 Å². The van der Waals surface area contributed by atoms with Gasteiger partial charge < -0.3 is 9.80 Å². The fraction of sp³-hybridized carbons (Fsp3) is 0.480. The van der Waals surface area contributed by atoms with Gasteiger partial charge in [0.05, 0.1) is 0 Å². The lowest BCUT2D eigenvalue weighted by Crippen LogP contribution is -2.34. The summed E-state index contributed by atoms with van der Waals surface area (Å²) in [6.45, 7) is 10.9. The first-order chi connectivity index (χ1) is 14.2. The molecule has 0 saturated carbocycles. The number of halogens is 2. The Bertz CT molecular complexity index is 897. The predicted octanol–water partition coefficient (Wildman–Crippen LogP) is 5.57. The third-order valence-corrected chi connectivity index (χ3v) is 6.59. The number of amides is 1. The summed E-state index contributed by atoms with van der Waals surface area (Å²) in [6.07, 6.45) is 8.07. The van der Waals surface area contributed by atoms with Crippen LogP contribution in [0.4, 0.5) is 8.78 Å². The third-order valence-electron chi connectivity index (χ3n) is 6.59. The molecule has 2 atom stereocenters. The zero-order valence-corrected chi connectivity index (χ0v) is 18.6. The number of allylic oxidation sites excluding steroid dienone is 4. The molecule has 162 valence electrons. The summed E-state index contributed by atoms with van der Waals surface area (Å²) in [7, 11) is 2.10. The minimum atomic E-state index is -0.821. The van der Waals surface area contributed by atoms with Gasteiger partial charge in [0.15, 0.2) is 0 Å². The van der Waals surface area contributed by atoms with E-state index in [-0.39, 0.29) is 11.3 Å². The SMILES string of the molecule is CCN(C)CCCC1(C)CN(C(=O)c2c(F)cccc2F)C2=C1C=C(C)C(C)C=C2. The average molecular weight is 415 g/mol. The predicted molar refractivity (Wildman–Crippen MR) is 117 cm³/mol. The standard InChI is InChI=1S/C25H32F2N2O/c1-6-28(5)14-8-13-25(4)16-29(22-12-11-17(2)18(3)15-19(22)25)24(30)23-20(26)9-7-10-21(23)27/h7,9-12,15,17H,6,8,13-14,16H2,1-5H3. The van der Waals surface area contributed by atoms with Crippen LogP contribution in [-0.2, 0) is 0 Å². The summed E-state index contributed by atoms with van der Waals surface area (Å²) in [5.41, 5.74) is 2.32. The van der Waals surface area contributed by atoms with Crippen LogP contribution in [0.5, 0.6) is 0 Å². The summed E-state index contributed by atoms with van der Waals surface area (Å²) < 4.78 is 28.7. The quantitative estimate of drug-likeness (QED) is 0.608. The zero-order valence-electron chi connectivity index (χ0n) is 18.6. The monoisotopic (exact) mass is 414 g/mol. The number of rotatable bonds is 6. The smallest absolute Gasteiger partial charge is 0.264 e. The molecule has 1 aromatic rings. The topological polar surface area (TPSA) is 23.6 Å². The number of benzene rings is 1. The maximum absolute atomic E-state index is 14.4. The molecule has 1 heterocycles. The van der Waals surface area contributed by atoms with E-state index in [0.29, 0.717) is 6.54 Å². The minimum Gasteiger partial charge on any atom is -0.307 e. The van der Waals surface area contributed by atoms with Crippen LogP contribution in [0.1, 0.15) is 50.9 Å². The summed E-state index contributed by atoms with van der Waals surface area (Å²) in [4.78, 5) is 17.1. The number of carbonyl (C=O) groups is 1. The van der Waals surface area contributed by atoms with Crippen molar-refractivity contribution in [2.45, 2.75) is 40.5 Å². The van der Waals surface area contributed by atoms with Gasteiger partial charge in [0.1, 0.15) is 17.2 Å². The van der Waals surface area contributed by atoms with Crippen molar-refractivity contribution < 1.29 is 13.6 Å². The number of hydrogen-bond donors (Lipinski definition) is 0. The Hall–Kier alpha value is -2.27. The van der Waals surface area contributed by atoms with Crippen LogP contribution in [0.25, 0.3) is 0 Å². The van der Waals surface area contributed by atoms with Gasteiger partial charge in [-0.2, -0.15) is 0 Å². The highest BCUT2D eigenvalue weighted by Crippen LogP contribution is 2.46. The second-order valence-electron chi connectivity index (χ2n) is 8.88. The number of hydrogen-bond acceptors (Lipinski definition) is 2. The maximum atomic E-state index is 14.4. The van der Waals surface area contributed by atoms with Gasteiger partial charge in [-0.3, -0.25) is 4.79 Å².